The molecule has 5 rings (SSSR count). The summed E-state index contributed by atoms with van der Waals surface area (Å²) in [6.07, 6.45) is 3.43. The zero-order valence-electron chi connectivity index (χ0n) is 16.5. The van der Waals surface area contributed by atoms with Gasteiger partial charge in [-0.1, -0.05) is 12.1 Å². The van der Waals surface area contributed by atoms with E-state index in [0.29, 0.717) is 33.7 Å². The summed E-state index contributed by atoms with van der Waals surface area (Å²) >= 11 is 0. The van der Waals surface area contributed by atoms with Gasteiger partial charge in [-0.2, -0.15) is 10.1 Å². The smallest absolute Gasteiger partial charge is 0.265 e. The monoisotopic (exact) mass is 391 g/mol. The predicted molar refractivity (Wildman–Crippen MR) is 110 cm³/mol. The van der Waals surface area contributed by atoms with Crippen molar-refractivity contribution in [1.82, 2.24) is 28.9 Å². The molecule has 0 bridgehead atoms. The summed E-state index contributed by atoms with van der Waals surface area (Å²) in [5.41, 5.74) is 0.902. The number of hydrogen-bond acceptors (Lipinski definition) is 6. The Morgan fingerprint density at radius 1 is 0.966 bits per heavy atom. The molecule has 1 atom stereocenters. The Morgan fingerprint density at radius 2 is 1.72 bits per heavy atom. The normalized spacial score (nSPS) is 16.9. The van der Waals surface area contributed by atoms with E-state index in [4.69, 9.17) is 4.98 Å². The molecule has 1 fully saturated rings. The van der Waals surface area contributed by atoms with Crippen LogP contribution < -0.4 is 16.0 Å². The van der Waals surface area contributed by atoms with Crippen molar-refractivity contribution in [3.63, 3.8) is 0 Å². The number of rotatable bonds is 2. The fraction of sp³-hybridized carbons (Fsp3) is 0.350. The number of para-hydroxylation sites is 1. The Morgan fingerprint density at radius 3 is 2.55 bits per heavy atom. The second kappa shape index (κ2) is 6.26. The van der Waals surface area contributed by atoms with Gasteiger partial charge in [0.15, 0.2) is 5.65 Å². The number of aryl methyl sites for hydroxylation is 1. The maximum absolute atomic E-state index is 12.9. The molecule has 148 valence electrons. The van der Waals surface area contributed by atoms with Gasteiger partial charge in [0.25, 0.3) is 11.1 Å². The SMILES string of the molecule is Cn1cc2c(=O)n(C)c(N3CCCC3c3nc4ccccc4c(=O)n3C)nc2n1. The van der Waals surface area contributed by atoms with Crippen LogP contribution in [-0.4, -0.2) is 35.4 Å². The first kappa shape index (κ1) is 17.6. The lowest BCUT2D eigenvalue weighted by molar-refractivity contribution is 0.593. The average Bonchev–Trinajstić information content (AvgIpc) is 3.34. The first-order valence-electron chi connectivity index (χ1n) is 9.58. The molecule has 1 aliphatic rings. The van der Waals surface area contributed by atoms with Crippen LogP contribution in [0.4, 0.5) is 5.95 Å². The minimum atomic E-state index is -0.142. The average molecular weight is 391 g/mol. The summed E-state index contributed by atoms with van der Waals surface area (Å²) in [6.45, 7) is 0.728. The van der Waals surface area contributed by atoms with Crippen LogP contribution in [0, 0.1) is 0 Å². The van der Waals surface area contributed by atoms with Crippen molar-refractivity contribution < 1.29 is 0 Å². The lowest BCUT2D eigenvalue weighted by atomic mass is 10.1. The van der Waals surface area contributed by atoms with Crippen molar-refractivity contribution >= 4 is 27.9 Å². The lowest BCUT2D eigenvalue weighted by Gasteiger charge is -2.27. The largest absolute Gasteiger partial charge is 0.332 e. The number of aromatic nitrogens is 6. The van der Waals surface area contributed by atoms with E-state index in [9.17, 15) is 9.59 Å². The van der Waals surface area contributed by atoms with Crippen LogP contribution in [0.3, 0.4) is 0 Å². The molecule has 1 unspecified atom stereocenters. The number of fused-ring (bicyclic) bond motifs is 2. The summed E-state index contributed by atoms with van der Waals surface area (Å²) in [5.74, 6) is 1.23. The number of anilines is 1. The second-order valence-corrected chi connectivity index (χ2v) is 7.52. The van der Waals surface area contributed by atoms with E-state index in [0.717, 1.165) is 19.4 Å². The van der Waals surface area contributed by atoms with Gasteiger partial charge in [-0.3, -0.25) is 23.4 Å². The highest BCUT2D eigenvalue weighted by Crippen LogP contribution is 2.34. The van der Waals surface area contributed by atoms with Gasteiger partial charge in [0.2, 0.25) is 5.95 Å². The molecule has 0 radical (unpaired) electrons. The molecule has 9 heteroatoms. The van der Waals surface area contributed by atoms with Gasteiger partial charge in [-0.05, 0) is 25.0 Å². The molecule has 4 aromatic rings. The van der Waals surface area contributed by atoms with E-state index in [1.54, 1.807) is 47.2 Å². The van der Waals surface area contributed by atoms with Crippen LogP contribution in [0.15, 0.2) is 40.1 Å². The fourth-order valence-corrected chi connectivity index (χ4v) is 4.22. The molecule has 3 aromatic heterocycles. The van der Waals surface area contributed by atoms with E-state index in [2.05, 4.69) is 15.0 Å². The maximum Gasteiger partial charge on any atom is 0.265 e. The molecule has 4 heterocycles. The summed E-state index contributed by atoms with van der Waals surface area (Å²) in [6, 6.07) is 7.23. The molecule has 1 aliphatic heterocycles. The zero-order chi connectivity index (χ0) is 20.3. The highest BCUT2D eigenvalue weighted by molar-refractivity contribution is 5.77. The van der Waals surface area contributed by atoms with Crippen LogP contribution in [-0.2, 0) is 21.1 Å². The molecule has 0 spiro atoms. The summed E-state index contributed by atoms with van der Waals surface area (Å²) < 4.78 is 4.77. The molecular formula is C20H21N7O2. The van der Waals surface area contributed by atoms with Gasteiger partial charge in [0.1, 0.15) is 11.2 Å². The van der Waals surface area contributed by atoms with Gasteiger partial charge in [0.05, 0.1) is 16.9 Å². The Balaban J connectivity index is 1.69. The standard InChI is InChI=1S/C20H21N7O2/c1-24-11-13-16(23-24)22-20(26(3)19(13)29)27-10-6-9-15(27)17-21-14-8-5-4-7-12(14)18(28)25(17)2/h4-5,7-8,11,15H,6,9-10H2,1-3H3. The highest BCUT2D eigenvalue weighted by atomic mass is 16.1. The van der Waals surface area contributed by atoms with Gasteiger partial charge in [0, 0.05) is 33.9 Å². The number of hydrogen-bond donors (Lipinski definition) is 0. The van der Waals surface area contributed by atoms with Crippen molar-refractivity contribution in [2.24, 2.45) is 21.1 Å². The summed E-state index contributed by atoms with van der Waals surface area (Å²) in [7, 11) is 5.25. The molecule has 0 N–H and O–H groups in total. The fourth-order valence-electron chi connectivity index (χ4n) is 4.22. The van der Waals surface area contributed by atoms with Gasteiger partial charge in [-0.15, -0.1) is 0 Å². The highest BCUT2D eigenvalue weighted by Gasteiger charge is 2.32. The van der Waals surface area contributed by atoms with Crippen molar-refractivity contribution in [1.29, 1.82) is 0 Å². The maximum atomic E-state index is 12.9. The Kier molecular flexibility index (Phi) is 3.80. The minimum absolute atomic E-state index is 0.0699. The predicted octanol–water partition coefficient (Wildman–Crippen LogP) is 1.26. The van der Waals surface area contributed by atoms with Gasteiger partial charge in [-0.25, -0.2) is 4.98 Å². The van der Waals surface area contributed by atoms with Crippen molar-refractivity contribution in [2.75, 3.05) is 11.4 Å². The van der Waals surface area contributed by atoms with Crippen molar-refractivity contribution in [3.8, 4) is 0 Å². The van der Waals surface area contributed by atoms with Crippen molar-refractivity contribution in [2.45, 2.75) is 18.9 Å². The second-order valence-electron chi connectivity index (χ2n) is 7.52. The van der Waals surface area contributed by atoms with Crippen LogP contribution in [0.5, 0.6) is 0 Å². The molecule has 1 aromatic carbocycles. The molecule has 0 saturated carbocycles. The van der Waals surface area contributed by atoms with Gasteiger partial charge < -0.3 is 4.90 Å². The van der Waals surface area contributed by atoms with E-state index in [1.165, 1.54) is 0 Å². The van der Waals surface area contributed by atoms with E-state index in [-0.39, 0.29) is 17.2 Å². The first-order chi connectivity index (χ1) is 14.0. The topological polar surface area (TPSA) is 90.8 Å². The zero-order valence-corrected chi connectivity index (χ0v) is 16.5. The third-order valence-corrected chi connectivity index (χ3v) is 5.68. The molecule has 9 nitrogen and oxygen atoms in total. The molecular weight excluding hydrogens is 370 g/mol. The van der Waals surface area contributed by atoms with Crippen LogP contribution >= 0.6 is 0 Å². The summed E-state index contributed by atoms with van der Waals surface area (Å²) in [5, 5.41) is 5.40. The molecule has 1 saturated heterocycles. The van der Waals surface area contributed by atoms with Crippen LogP contribution in [0.1, 0.15) is 24.7 Å². The first-order valence-corrected chi connectivity index (χ1v) is 9.58. The van der Waals surface area contributed by atoms with Crippen LogP contribution in [0.25, 0.3) is 21.9 Å². The molecule has 29 heavy (non-hydrogen) atoms. The Labute approximate surface area is 165 Å². The molecule has 0 amide bonds. The van der Waals surface area contributed by atoms with Crippen LogP contribution in [0.2, 0.25) is 0 Å². The van der Waals surface area contributed by atoms with E-state index >= 15 is 0 Å². The Hall–Kier alpha value is -3.49. The number of nitrogens with zero attached hydrogens (tertiary/aromatic N) is 7. The van der Waals surface area contributed by atoms with Gasteiger partial charge >= 0.3 is 0 Å². The van der Waals surface area contributed by atoms with Crippen molar-refractivity contribution in [3.05, 3.63) is 57.0 Å². The van der Waals surface area contributed by atoms with E-state index < -0.39 is 0 Å². The Bertz CT molecular complexity index is 1380. The summed E-state index contributed by atoms with van der Waals surface area (Å²) in [4.78, 5) is 37.2. The minimum Gasteiger partial charge on any atom is -0.332 e. The third-order valence-electron chi connectivity index (χ3n) is 5.68. The quantitative estimate of drug-likeness (QED) is 0.511. The molecule has 0 aliphatic carbocycles. The third kappa shape index (κ3) is 2.57. The number of benzene rings is 1. The lowest BCUT2D eigenvalue weighted by Crippen LogP contribution is -2.34. The van der Waals surface area contributed by atoms with E-state index in [1.807, 2.05) is 18.2 Å².